The fraction of sp³-hybridized carbons (Fsp3) is 1.00. The fourth-order valence-electron chi connectivity index (χ4n) is 1.76. The van der Waals surface area contributed by atoms with Crippen LogP contribution in [0, 0.1) is 0 Å². The molecule has 1 aliphatic rings. The van der Waals surface area contributed by atoms with E-state index in [4.69, 9.17) is 4.74 Å². The molecule has 0 spiro atoms. The molecule has 0 amide bonds. The highest BCUT2D eigenvalue weighted by Crippen LogP contribution is 2.14. The summed E-state index contributed by atoms with van der Waals surface area (Å²) < 4.78 is 5.67. The molecule has 2 unspecified atom stereocenters. The van der Waals surface area contributed by atoms with Gasteiger partial charge >= 0.3 is 0 Å². The summed E-state index contributed by atoms with van der Waals surface area (Å²) in [6, 6.07) is 0.719. The second kappa shape index (κ2) is 5.55. The molecule has 2 atom stereocenters. The van der Waals surface area contributed by atoms with Crippen molar-refractivity contribution in [3.05, 3.63) is 0 Å². The van der Waals surface area contributed by atoms with Crippen molar-refractivity contribution in [2.24, 2.45) is 0 Å². The first-order valence-corrected chi connectivity index (χ1v) is 5.21. The summed E-state index contributed by atoms with van der Waals surface area (Å²) in [6.45, 7) is 6.38. The highest BCUT2D eigenvalue weighted by Gasteiger charge is 2.23. The minimum absolute atomic E-state index is 0.487. The third-order valence-corrected chi connectivity index (χ3v) is 2.38. The molecule has 0 aromatic rings. The summed E-state index contributed by atoms with van der Waals surface area (Å²) in [5.41, 5.74) is 0. The fourth-order valence-corrected chi connectivity index (χ4v) is 1.76. The van der Waals surface area contributed by atoms with Crippen molar-refractivity contribution < 1.29 is 4.74 Å². The molecule has 2 nitrogen and oxygen atoms in total. The van der Waals surface area contributed by atoms with Crippen LogP contribution in [0.5, 0.6) is 0 Å². The van der Waals surface area contributed by atoms with Crippen LogP contribution in [0.4, 0.5) is 0 Å². The van der Waals surface area contributed by atoms with Crippen molar-refractivity contribution in [1.29, 1.82) is 0 Å². The highest BCUT2D eigenvalue weighted by molar-refractivity contribution is 4.81. The van der Waals surface area contributed by atoms with Gasteiger partial charge in [-0.15, -0.1) is 0 Å². The number of rotatable bonds is 5. The predicted octanol–water partition coefficient (Wildman–Crippen LogP) is 1.94. The quantitative estimate of drug-likeness (QED) is 0.682. The van der Waals surface area contributed by atoms with E-state index in [1.54, 1.807) is 0 Å². The van der Waals surface area contributed by atoms with Crippen molar-refractivity contribution in [2.45, 2.75) is 51.7 Å². The zero-order valence-electron chi connectivity index (χ0n) is 8.31. The number of hydrogen-bond donors (Lipinski definition) is 1. The van der Waals surface area contributed by atoms with Crippen molar-refractivity contribution in [2.75, 3.05) is 13.2 Å². The molecule has 12 heavy (non-hydrogen) atoms. The van der Waals surface area contributed by atoms with Crippen LogP contribution in [0.1, 0.15) is 39.5 Å². The van der Waals surface area contributed by atoms with Crippen LogP contribution in [0.25, 0.3) is 0 Å². The molecular formula is C10H21NO. The zero-order valence-corrected chi connectivity index (χ0v) is 8.31. The van der Waals surface area contributed by atoms with Gasteiger partial charge < -0.3 is 10.1 Å². The molecule has 0 aliphatic carbocycles. The Kier molecular flexibility index (Phi) is 4.62. The topological polar surface area (TPSA) is 21.3 Å². The molecule has 1 heterocycles. The monoisotopic (exact) mass is 171 g/mol. The Hall–Kier alpha value is -0.0800. The highest BCUT2D eigenvalue weighted by atomic mass is 16.5. The normalized spacial score (nSPS) is 29.5. The van der Waals surface area contributed by atoms with Gasteiger partial charge in [0, 0.05) is 19.2 Å². The van der Waals surface area contributed by atoms with Crippen molar-refractivity contribution >= 4 is 0 Å². The van der Waals surface area contributed by atoms with Gasteiger partial charge in [-0.05, 0) is 19.3 Å². The molecule has 1 N–H and O–H groups in total. The van der Waals surface area contributed by atoms with E-state index in [9.17, 15) is 0 Å². The van der Waals surface area contributed by atoms with Crippen molar-refractivity contribution in [3.8, 4) is 0 Å². The van der Waals surface area contributed by atoms with Crippen LogP contribution in [0.15, 0.2) is 0 Å². The third kappa shape index (κ3) is 3.11. The van der Waals surface area contributed by atoms with Crippen LogP contribution in [0.2, 0.25) is 0 Å². The van der Waals surface area contributed by atoms with Gasteiger partial charge in [0.15, 0.2) is 0 Å². The van der Waals surface area contributed by atoms with Gasteiger partial charge in [0.25, 0.3) is 0 Å². The summed E-state index contributed by atoms with van der Waals surface area (Å²) in [4.78, 5) is 0. The van der Waals surface area contributed by atoms with E-state index in [2.05, 4.69) is 19.2 Å². The standard InChI is InChI=1S/C10H21NO/c1-3-5-9-7-10(8-11-9)12-6-4-2/h9-11H,3-8H2,1-2H3. The summed E-state index contributed by atoms with van der Waals surface area (Å²) >= 11 is 0. The first kappa shape index (κ1) is 10.0. The van der Waals surface area contributed by atoms with E-state index >= 15 is 0 Å². The number of hydrogen-bond acceptors (Lipinski definition) is 2. The van der Waals surface area contributed by atoms with Crippen LogP contribution >= 0.6 is 0 Å². The summed E-state index contributed by atoms with van der Waals surface area (Å²) in [7, 11) is 0. The second-order valence-electron chi connectivity index (χ2n) is 3.62. The lowest BCUT2D eigenvalue weighted by molar-refractivity contribution is 0.0657. The lowest BCUT2D eigenvalue weighted by Crippen LogP contribution is -2.21. The number of nitrogens with one attached hydrogen (secondary N) is 1. The van der Waals surface area contributed by atoms with Crippen LogP contribution in [0.3, 0.4) is 0 Å². The van der Waals surface area contributed by atoms with Gasteiger partial charge in [-0.3, -0.25) is 0 Å². The summed E-state index contributed by atoms with van der Waals surface area (Å²) in [5, 5.41) is 3.49. The summed E-state index contributed by atoms with van der Waals surface area (Å²) in [5.74, 6) is 0. The van der Waals surface area contributed by atoms with E-state index in [0.717, 1.165) is 25.6 Å². The molecule has 1 aliphatic heterocycles. The minimum Gasteiger partial charge on any atom is -0.377 e. The van der Waals surface area contributed by atoms with E-state index in [0.29, 0.717) is 6.10 Å². The third-order valence-electron chi connectivity index (χ3n) is 2.38. The van der Waals surface area contributed by atoms with E-state index in [1.165, 1.54) is 19.3 Å². The van der Waals surface area contributed by atoms with E-state index in [1.807, 2.05) is 0 Å². The SMILES string of the molecule is CCCOC1CNC(CCC)C1. The Morgan fingerprint density at radius 1 is 1.33 bits per heavy atom. The Bertz CT molecular complexity index is 116. The Morgan fingerprint density at radius 2 is 2.17 bits per heavy atom. The van der Waals surface area contributed by atoms with Gasteiger partial charge in [0.05, 0.1) is 6.10 Å². The zero-order chi connectivity index (χ0) is 8.81. The molecule has 72 valence electrons. The summed E-state index contributed by atoms with van der Waals surface area (Å²) in [6.07, 6.45) is 5.41. The maximum Gasteiger partial charge on any atom is 0.0714 e. The Morgan fingerprint density at radius 3 is 2.83 bits per heavy atom. The lowest BCUT2D eigenvalue weighted by atomic mass is 10.1. The van der Waals surface area contributed by atoms with Gasteiger partial charge in [-0.2, -0.15) is 0 Å². The van der Waals surface area contributed by atoms with Crippen molar-refractivity contribution in [1.82, 2.24) is 5.32 Å². The van der Waals surface area contributed by atoms with Crippen molar-refractivity contribution in [3.63, 3.8) is 0 Å². The predicted molar refractivity (Wildman–Crippen MR) is 51.3 cm³/mol. The first-order valence-electron chi connectivity index (χ1n) is 5.21. The average molecular weight is 171 g/mol. The minimum atomic E-state index is 0.487. The Balaban J connectivity index is 2.08. The lowest BCUT2D eigenvalue weighted by Gasteiger charge is -2.09. The van der Waals surface area contributed by atoms with Gasteiger partial charge in [-0.1, -0.05) is 20.3 Å². The van der Waals surface area contributed by atoms with Crippen LogP contribution in [-0.2, 0) is 4.74 Å². The largest absolute Gasteiger partial charge is 0.377 e. The molecule has 0 saturated carbocycles. The molecule has 1 fully saturated rings. The van der Waals surface area contributed by atoms with Crippen LogP contribution < -0.4 is 5.32 Å². The second-order valence-corrected chi connectivity index (χ2v) is 3.62. The molecule has 0 bridgehead atoms. The molecule has 2 heteroatoms. The molecule has 0 aromatic carbocycles. The molecule has 0 aromatic heterocycles. The van der Waals surface area contributed by atoms with E-state index < -0.39 is 0 Å². The smallest absolute Gasteiger partial charge is 0.0714 e. The number of ether oxygens (including phenoxy) is 1. The molecule has 1 rings (SSSR count). The average Bonchev–Trinajstić information content (AvgIpc) is 2.50. The molecule has 0 radical (unpaired) electrons. The van der Waals surface area contributed by atoms with Gasteiger partial charge in [0.2, 0.25) is 0 Å². The molecular weight excluding hydrogens is 150 g/mol. The Labute approximate surface area is 75.7 Å². The van der Waals surface area contributed by atoms with Gasteiger partial charge in [0.1, 0.15) is 0 Å². The van der Waals surface area contributed by atoms with E-state index in [-0.39, 0.29) is 0 Å². The maximum atomic E-state index is 5.67. The van der Waals surface area contributed by atoms with Crippen LogP contribution in [-0.4, -0.2) is 25.3 Å². The van der Waals surface area contributed by atoms with Gasteiger partial charge in [-0.25, -0.2) is 0 Å². The molecule has 1 saturated heterocycles. The maximum absolute atomic E-state index is 5.67. The first-order chi connectivity index (χ1) is 5.86.